The van der Waals surface area contributed by atoms with Crippen LogP contribution in [-0.4, -0.2) is 34.9 Å². The molecule has 1 aliphatic heterocycles. The maximum absolute atomic E-state index is 13.0. The minimum Gasteiger partial charge on any atom is -0.317 e. The van der Waals surface area contributed by atoms with Crippen LogP contribution in [0.1, 0.15) is 23.2 Å². The quantitative estimate of drug-likeness (QED) is 0.618. The number of Topliss-reactive ketones (excluding diaryl/α,β-unsaturated/α-hetero) is 1. The van der Waals surface area contributed by atoms with E-state index in [9.17, 15) is 9.18 Å². The Kier molecular flexibility index (Phi) is 5.62. The number of thiazole rings is 1. The molecule has 1 saturated heterocycles. The third-order valence-electron chi connectivity index (χ3n) is 5.35. The van der Waals surface area contributed by atoms with E-state index in [4.69, 9.17) is 17.0 Å². The minimum absolute atomic E-state index is 0.0296. The van der Waals surface area contributed by atoms with Crippen LogP contribution in [0.15, 0.2) is 42.5 Å². The molecule has 0 atom stereocenters. The summed E-state index contributed by atoms with van der Waals surface area (Å²) in [5.74, 6) is 0.189. The van der Waals surface area contributed by atoms with Crippen LogP contribution in [0.4, 0.5) is 4.39 Å². The lowest BCUT2D eigenvalue weighted by molar-refractivity contribution is 0.0890. The second-order valence-corrected chi connectivity index (χ2v) is 8.75. The largest absolute Gasteiger partial charge is 0.317 e. The van der Waals surface area contributed by atoms with E-state index >= 15 is 0 Å². The molecule has 2 aromatic carbocycles. The molecule has 28 heavy (non-hydrogen) atoms. The maximum atomic E-state index is 13.0. The molecule has 1 aliphatic rings. The molecular weight excluding hydrogens is 397 g/mol. The van der Waals surface area contributed by atoms with Crippen LogP contribution in [0.5, 0.6) is 0 Å². The fraction of sp³-hybridized carbons (Fsp3) is 0.333. The van der Waals surface area contributed by atoms with Crippen LogP contribution in [0, 0.1) is 17.1 Å². The second-order valence-electron chi connectivity index (χ2n) is 7.28. The number of fused-ring (bicyclic) bond motifs is 1. The Balaban J connectivity index is 1.36. The summed E-state index contributed by atoms with van der Waals surface area (Å²) >= 11 is 7.52. The van der Waals surface area contributed by atoms with E-state index in [0.29, 0.717) is 27.9 Å². The number of piperidine rings is 1. The molecular formula is C21H21ClFN3OS. The first kappa shape index (κ1) is 19.3. The van der Waals surface area contributed by atoms with Crippen LogP contribution >= 0.6 is 22.9 Å². The summed E-state index contributed by atoms with van der Waals surface area (Å²) in [6, 6.07) is 11.5. The van der Waals surface area contributed by atoms with Gasteiger partial charge < -0.3 is 4.57 Å². The Hall–Kier alpha value is -2.02. The minimum atomic E-state index is -0.327. The molecule has 0 spiro atoms. The van der Waals surface area contributed by atoms with Gasteiger partial charge in [0.2, 0.25) is 0 Å². The monoisotopic (exact) mass is 417 g/mol. The molecule has 0 saturated carbocycles. The van der Waals surface area contributed by atoms with Crippen molar-refractivity contribution in [2.45, 2.75) is 19.4 Å². The first-order valence-corrected chi connectivity index (χ1v) is 10.5. The van der Waals surface area contributed by atoms with Crippen LogP contribution in [-0.2, 0) is 6.54 Å². The Labute approximate surface area is 171 Å². The average Bonchev–Trinajstić information content (AvgIpc) is 2.98. The van der Waals surface area contributed by atoms with Crippen molar-refractivity contribution in [3.63, 3.8) is 0 Å². The zero-order valence-electron chi connectivity index (χ0n) is 15.3. The Morgan fingerprint density at radius 1 is 1.18 bits per heavy atom. The van der Waals surface area contributed by atoms with Gasteiger partial charge in [0.15, 0.2) is 10.6 Å². The number of halogens is 2. The Bertz CT molecular complexity index is 1050. The highest BCUT2D eigenvalue weighted by Crippen LogP contribution is 2.25. The van der Waals surface area contributed by atoms with Crippen molar-refractivity contribution >= 4 is 38.9 Å². The fourth-order valence-corrected chi connectivity index (χ4v) is 4.95. The molecule has 2 heterocycles. The van der Waals surface area contributed by atoms with Gasteiger partial charge >= 0.3 is 0 Å². The highest BCUT2D eigenvalue weighted by atomic mass is 35.5. The predicted octanol–water partition coefficient (Wildman–Crippen LogP) is 4.57. The number of carbonyl (C=O) groups is 1. The van der Waals surface area contributed by atoms with Gasteiger partial charge in [-0.25, -0.2) is 4.39 Å². The molecule has 1 fully saturated rings. The second kappa shape index (κ2) is 8.15. The van der Waals surface area contributed by atoms with Gasteiger partial charge in [-0.1, -0.05) is 22.9 Å². The molecule has 4 nitrogen and oxygen atoms in total. The van der Waals surface area contributed by atoms with Gasteiger partial charge in [-0.05, 0) is 74.3 Å². The summed E-state index contributed by atoms with van der Waals surface area (Å²) in [5.41, 5.74) is 1.62. The van der Waals surface area contributed by atoms with E-state index in [2.05, 4.69) is 9.47 Å². The zero-order valence-corrected chi connectivity index (χ0v) is 16.9. The first-order chi connectivity index (χ1) is 13.5. The van der Waals surface area contributed by atoms with E-state index in [1.54, 1.807) is 12.1 Å². The van der Waals surface area contributed by atoms with Crippen molar-refractivity contribution in [2.75, 3.05) is 19.6 Å². The number of benzene rings is 2. The van der Waals surface area contributed by atoms with Crippen molar-refractivity contribution in [2.24, 2.45) is 5.92 Å². The van der Waals surface area contributed by atoms with Gasteiger partial charge in [-0.15, -0.1) is 0 Å². The van der Waals surface area contributed by atoms with E-state index in [-0.39, 0.29) is 11.6 Å². The lowest BCUT2D eigenvalue weighted by Crippen LogP contribution is -2.38. The number of likely N-dealkylation sites (tertiary alicyclic amines) is 1. The maximum Gasteiger partial charge on any atom is 0.182 e. The van der Waals surface area contributed by atoms with E-state index in [1.165, 1.54) is 23.5 Å². The van der Waals surface area contributed by atoms with Crippen LogP contribution < -0.4 is 4.80 Å². The topological polar surface area (TPSA) is 49.1 Å². The van der Waals surface area contributed by atoms with Gasteiger partial charge in [-0.2, -0.15) is 0 Å². The molecule has 146 valence electrons. The van der Waals surface area contributed by atoms with Crippen molar-refractivity contribution in [3.8, 4) is 0 Å². The zero-order chi connectivity index (χ0) is 19.7. The number of aromatic nitrogens is 1. The summed E-state index contributed by atoms with van der Waals surface area (Å²) < 4.78 is 16.1. The normalized spacial score (nSPS) is 15.9. The third-order valence-corrected chi connectivity index (χ3v) is 6.54. The van der Waals surface area contributed by atoms with Crippen LogP contribution in [0.3, 0.4) is 0 Å². The molecule has 0 bridgehead atoms. The number of rotatable bonds is 5. The number of carbonyl (C=O) groups excluding carboxylic acids is 1. The lowest BCUT2D eigenvalue weighted by atomic mass is 9.96. The molecule has 0 unspecified atom stereocenters. The smallest absolute Gasteiger partial charge is 0.182 e. The molecule has 4 rings (SSSR count). The fourth-order valence-electron chi connectivity index (χ4n) is 3.76. The molecule has 0 aliphatic carbocycles. The van der Waals surface area contributed by atoms with Crippen molar-refractivity contribution < 1.29 is 9.18 Å². The molecule has 7 heteroatoms. The molecule has 1 N–H and O–H groups in total. The molecule has 0 amide bonds. The van der Waals surface area contributed by atoms with Crippen molar-refractivity contribution in [3.05, 3.63) is 63.7 Å². The summed E-state index contributed by atoms with van der Waals surface area (Å²) in [5, 5.41) is 8.98. The number of nitrogens with zero attached hydrogens (tertiary/aromatic N) is 2. The number of ketones is 1. The predicted molar refractivity (Wildman–Crippen MR) is 111 cm³/mol. The third kappa shape index (κ3) is 4.19. The van der Waals surface area contributed by atoms with Gasteiger partial charge in [0.1, 0.15) is 5.82 Å². The summed E-state index contributed by atoms with van der Waals surface area (Å²) in [4.78, 5) is 15.1. The van der Waals surface area contributed by atoms with E-state index in [1.807, 2.05) is 18.2 Å². The summed E-state index contributed by atoms with van der Waals surface area (Å²) in [6.45, 7) is 2.91. The Morgan fingerprint density at radius 3 is 2.61 bits per heavy atom. The standard InChI is InChI=1S/C21H21ClFN3OS/c22-16-3-6-18-20(11-16)28-21(24)26(18)12-14-7-9-25(10-8-14)13-19(27)15-1-4-17(23)5-2-15/h1-6,11,14,24H,7-10,12-13H2. The summed E-state index contributed by atoms with van der Waals surface area (Å²) in [6.07, 6.45) is 1.99. The van der Waals surface area contributed by atoms with E-state index < -0.39 is 0 Å². The Morgan fingerprint density at radius 2 is 1.89 bits per heavy atom. The highest BCUT2D eigenvalue weighted by Gasteiger charge is 2.22. The van der Waals surface area contributed by atoms with Gasteiger partial charge in [0.05, 0.1) is 16.8 Å². The lowest BCUT2D eigenvalue weighted by Gasteiger charge is -2.31. The van der Waals surface area contributed by atoms with Crippen LogP contribution in [0.25, 0.3) is 10.2 Å². The number of hydrogen-bond acceptors (Lipinski definition) is 4. The summed E-state index contributed by atoms with van der Waals surface area (Å²) in [7, 11) is 0. The number of hydrogen-bond donors (Lipinski definition) is 1. The molecule has 1 aromatic heterocycles. The molecule has 0 radical (unpaired) electrons. The van der Waals surface area contributed by atoms with Crippen molar-refractivity contribution in [1.29, 1.82) is 5.41 Å². The van der Waals surface area contributed by atoms with E-state index in [0.717, 1.165) is 42.7 Å². The highest BCUT2D eigenvalue weighted by molar-refractivity contribution is 7.16. The number of nitrogens with one attached hydrogen (secondary N) is 1. The van der Waals surface area contributed by atoms with Gasteiger partial charge in [0, 0.05) is 17.1 Å². The average molecular weight is 418 g/mol. The SMILES string of the molecule is N=c1sc2cc(Cl)ccc2n1CC1CCN(CC(=O)c2ccc(F)cc2)CC1. The van der Waals surface area contributed by atoms with Gasteiger partial charge in [0.25, 0.3) is 0 Å². The van der Waals surface area contributed by atoms with Crippen molar-refractivity contribution in [1.82, 2.24) is 9.47 Å². The van der Waals surface area contributed by atoms with Gasteiger partial charge in [-0.3, -0.25) is 15.1 Å². The van der Waals surface area contributed by atoms with Crippen LogP contribution in [0.2, 0.25) is 5.02 Å². The molecule has 3 aromatic rings. The first-order valence-electron chi connectivity index (χ1n) is 9.34.